The van der Waals surface area contributed by atoms with Gasteiger partial charge in [0.25, 0.3) is 0 Å². The minimum absolute atomic E-state index is 0.254. The van der Waals surface area contributed by atoms with Crippen LogP contribution in [0.25, 0.3) is 0 Å². The molecule has 21 heavy (non-hydrogen) atoms. The minimum atomic E-state index is -0.254. The predicted octanol–water partition coefficient (Wildman–Crippen LogP) is 5.01. The van der Waals surface area contributed by atoms with E-state index in [-0.39, 0.29) is 5.97 Å². The van der Waals surface area contributed by atoms with Gasteiger partial charge in [-0.1, -0.05) is 57.6 Å². The van der Waals surface area contributed by atoms with Crippen molar-refractivity contribution in [3.05, 3.63) is 35.4 Å². The van der Waals surface area contributed by atoms with E-state index in [1.54, 1.807) is 0 Å². The second-order valence-corrected chi connectivity index (χ2v) is 6.40. The molecule has 0 heterocycles. The molecule has 1 fully saturated rings. The van der Waals surface area contributed by atoms with Gasteiger partial charge in [0.15, 0.2) is 0 Å². The molecule has 0 bridgehead atoms. The Kier molecular flexibility index (Phi) is 6.28. The fraction of sp³-hybridized carbons (Fsp3) is 0.632. The lowest BCUT2D eigenvalue weighted by Crippen LogP contribution is -2.15. The number of carbonyl (C=O) groups excluding carboxylic acids is 1. The Morgan fingerprint density at radius 2 is 1.62 bits per heavy atom. The van der Waals surface area contributed by atoms with Crippen LogP contribution in [-0.2, 0) is 11.2 Å². The molecule has 0 radical (unpaired) electrons. The van der Waals surface area contributed by atoms with Crippen molar-refractivity contribution in [3.63, 3.8) is 0 Å². The summed E-state index contributed by atoms with van der Waals surface area (Å²) in [7, 11) is 1.42. The van der Waals surface area contributed by atoms with Crippen molar-refractivity contribution in [2.75, 3.05) is 7.11 Å². The summed E-state index contributed by atoms with van der Waals surface area (Å²) in [6.07, 6.45) is 10.8. The van der Waals surface area contributed by atoms with E-state index in [2.05, 4.69) is 19.1 Å². The van der Waals surface area contributed by atoms with Crippen LogP contribution in [0.4, 0.5) is 0 Å². The van der Waals surface area contributed by atoms with Crippen LogP contribution in [0.15, 0.2) is 24.3 Å². The molecular formula is C19H28O2. The zero-order valence-electron chi connectivity index (χ0n) is 13.4. The van der Waals surface area contributed by atoms with Crippen LogP contribution in [0.5, 0.6) is 0 Å². The first-order chi connectivity index (χ1) is 10.2. The fourth-order valence-electron chi connectivity index (χ4n) is 3.51. The standard InChI is InChI=1S/C19H28O2/c1-3-4-15-5-7-16(8-6-15)9-10-17-11-13-18(14-12-17)19(20)21-2/h11-16H,3-10H2,1-2H3. The molecule has 1 saturated carbocycles. The first-order valence-electron chi connectivity index (χ1n) is 8.40. The lowest BCUT2D eigenvalue weighted by atomic mass is 9.78. The lowest BCUT2D eigenvalue weighted by Gasteiger charge is -2.28. The zero-order chi connectivity index (χ0) is 15.1. The van der Waals surface area contributed by atoms with Crippen molar-refractivity contribution < 1.29 is 9.53 Å². The molecule has 2 rings (SSSR count). The van der Waals surface area contributed by atoms with E-state index >= 15 is 0 Å². The molecule has 0 aliphatic heterocycles. The number of benzene rings is 1. The smallest absolute Gasteiger partial charge is 0.337 e. The van der Waals surface area contributed by atoms with Gasteiger partial charge in [0, 0.05) is 0 Å². The van der Waals surface area contributed by atoms with Gasteiger partial charge in [-0.3, -0.25) is 0 Å². The quantitative estimate of drug-likeness (QED) is 0.688. The van der Waals surface area contributed by atoms with Gasteiger partial charge in [-0.2, -0.15) is 0 Å². The van der Waals surface area contributed by atoms with Crippen molar-refractivity contribution in [2.24, 2.45) is 11.8 Å². The first kappa shape index (κ1) is 16.1. The topological polar surface area (TPSA) is 26.3 Å². The van der Waals surface area contributed by atoms with Crippen molar-refractivity contribution in [1.82, 2.24) is 0 Å². The normalized spacial score (nSPS) is 22.0. The van der Waals surface area contributed by atoms with Gasteiger partial charge in [-0.05, 0) is 42.4 Å². The van der Waals surface area contributed by atoms with Gasteiger partial charge in [0.1, 0.15) is 0 Å². The number of aryl methyl sites for hydroxylation is 1. The molecule has 0 saturated heterocycles. The zero-order valence-corrected chi connectivity index (χ0v) is 13.4. The van der Waals surface area contributed by atoms with Gasteiger partial charge in [-0.15, -0.1) is 0 Å². The fourth-order valence-corrected chi connectivity index (χ4v) is 3.51. The predicted molar refractivity (Wildman–Crippen MR) is 86.5 cm³/mol. The molecule has 1 aliphatic rings. The number of methoxy groups -OCH3 is 1. The molecule has 2 heteroatoms. The minimum Gasteiger partial charge on any atom is -0.465 e. The molecule has 0 N–H and O–H groups in total. The highest BCUT2D eigenvalue weighted by Crippen LogP contribution is 2.33. The average molecular weight is 288 g/mol. The van der Waals surface area contributed by atoms with E-state index in [0.29, 0.717) is 5.56 Å². The van der Waals surface area contributed by atoms with E-state index in [9.17, 15) is 4.79 Å². The highest BCUT2D eigenvalue weighted by Gasteiger charge is 2.20. The van der Waals surface area contributed by atoms with Crippen LogP contribution in [0.3, 0.4) is 0 Å². The SMILES string of the molecule is CCCC1CCC(CCc2ccc(C(=O)OC)cc2)CC1. The van der Waals surface area contributed by atoms with Crippen LogP contribution in [0.1, 0.15) is 67.8 Å². The molecule has 0 spiro atoms. The first-order valence-corrected chi connectivity index (χ1v) is 8.40. The average Bonchev–Trinajstić information content (AvgIpc) is 2.54. The molecule has 0 amide bonds. The Morgan fingerprint density at radius 1 is 1.05 bits per heavy atom. The van der Waals surface area contributed by atoms with Crippen molar-refractivity contribution in [3.8, 4) is 0 Å². The van der Waals surface area contributed by atoms with Crippen LogP contribution in [-0.4, -0.2) is 13.1 Å². The number of carbonyl (C=O) groups is 1. The Morgan fingerprint density at radius 3 is 2.14 bits per heavy atom. The molecule has 1 aromatic carbocycles. The molecule has 2 nitrogen and oxygen atoms in total. The number of ether oxygens (including phenoxy) is 1. The van der Waals surface area contributed by atoms with Gasteiger partial charge in [-0.25, -0.2) is 4.79 Å². The van der Waals surface area contributed by atoms with Gasteiger partial charge in [0.05, 0.1) is 12.7 Å². The third-order valence-electron chi connectivity index (χ3n) is 4.88. The largest absolute Gasteiger partial charge is 0.465 e. The van der Waals surface area contributed by atoms with Crippen molar-refractivity contribution >= 4 is 5.97 Å². The van der Waals surface area contributed by atoms with E-state index in [4.69, 9.17) is 4.74 Å². The maximum absolute atomic E-state index is 11.4. The molecule has 1 aliphatic carbocycles. The highest BCUT2D eigenvalue weighted by molar-refractivity contribution is 5.89. The summed E-state index contributed by atoms with van der Waals surface area (Å²) < 4.78 is 4.72. The van der Waals surface area contributed by atoms with Crippen molar-refractivity contribution in [1.29, 1.82) is 0 Å². The van der Waals surface area contributed by atoms with Crippen LogP contribution in [0.2, 0.25) is 0 Å². The summed E-state index contributed by atoms with van der Waals surface area (Å²) in [6.45, 7) is 2.30. The van der Waals surface area contributed by atoms with E-state index < -0.39 is 0 Å². The van der Waals surface area contributed by atoms with Crippen LogP contribution in [0, 0.1) is 11.8 Å². The van der Waals surface area contributed by atoms with Crippen molar-refractivity contribution in [2.45, 2.75) is 58.3 Å². The summed E-state index contributed by atoms with van der Waals surface area (Å²) in [5.74, 6) is 1.64. The number of esters is 1. The maximum Gasteiger partial charge on any atom is 0.337 e. The maximum atomic E-state index is 11.4. The molecule has 0 aromatic heterocycles. The summed E-state index contributed by atoms with van der Waals surface area (Å²) >= 11 is 0. The van der Waals surface area contributed by atoms with E-state index in [1.165, 1.54) is 57.6 Å². The molecular weight excluding hydrogens is 260 g/mol. The number of rotatable bonds is 6. The molecule has 116 valence electrons. The highest BCUT2D eigenvalue weighted by atomic mass is 16.5. The number of hydrogen-bond donors (Lipinski definition) is 0. The third kappa shape index (κ3) is 4.87. The third-order valence-corrected chi connectivity index (χ3v) is 4.88. The Labute approximate surface area is 128 Å². The number of hydrogen-bond acceptors (Lipinski definition) is 2. The lowest BCUT2D eigenvalue weighted by molar-refractivity contribution is 0.0600. The van der Waals surface area contributed by atoms with E-state index in [0.717, 1.165) is 18.3 Å². The Hall–Kier alpha value is -1.31. The Bertz CT molecular complexity index is 427. The van der Waals surface area contributed by atoms with Gasteiger partial charge < -0.3 is 4.74 Å². The Balaban J connectivity index is 1.75. The second-order valence-electron chi connectivity index (χ2n) is 6.40. The van der Waals surface area contributed by atoms with Crippen LogP contribution < -0.4 is 0 Å². The summed E-state index contributed by atoms with van der Waals surface area (Å²) in [5.41, 5.74) is 1.97. The summed E-state index contributed by atoms with van der Waals surface area (Å²) in [5, 5.41) is 0. The van der Waals surface area contributed by atoms with Gasteiger partial charge in [0.2, 0.25) is 0 Å². The van der Waals surface area contributed by atoms with Crippen LogP contribution >= 0.6 is 0 Å². The van der Waals surface area contributed by atoms with Gasteiger partial charge >= 0.3 is 5.97 Å². The monoisotopic (exact) mass is 288 g/mol. The van der Waals surface area contributed by atoms with E-state index in [1.807, 2.05) is 12.1 Å². The molecule has 1 aromatic rings. The molecule has 0 atom stereocenters. The summed E-state index contributed by atoms with van der Waals surface area (Å²) in [6, 6.07) is 7.88. The summed E-state index contributed by atoms with van der Waals surface area (Å²) in [4.78, 5) is 11.4. The second kappa shape index (κ2) is 8.21. The molecule has 0 unspecified atom stereocenters.